The van der Waals surface area contributed by atoms with Crippen LogP contribution in [-0.2, 0) is 14.3 Å². The van der Waals surface area contributed by atoms with Crippen molar-refractivity contribution in [1.29, 1.82) is 0 Å². The average molecular weight is 213 g/mol. The zero-order chi connectivity index (χ0) is 9.78. The van der Waals surface area contributed by atoms with E-state index < -0.39 is 10.1 Å². The lowest BCUT2D eigenvalue weighted by molar-refractivity contribution is 0.357. The zero-order valence-corrected chi connectivity index (χ0v) is 9.00. The first kappa shape index (κ1) is 11.9. The number of hydrogen-bond donors (Lipinski definition) is 0. The number of halogens is 1. The van der Waals surface area contributed by atoms with E-state index in [1.54, 1.807) is 0 Å². The predicted octanol–water partition coefficient (Wildman–Crippen LogP) is 1.89. The molecule has 0 aliphatic rings. The van der Waals surface area contributed by atoms with Crippen LogP contribution < -0.4 is 0 Å². The summed E-state index contributed by atoms with van der Waals surface area (Å²) in [6, 6.07) is 0. The summed E-state index contributed by atoms with van der Waals surface area (Å²) >= 11 is 5.73. The predicted molar refractivity (Wildman–Crippen MR) is 49.6 cm³/mol. The van der Waals surface area contributed by atoms with Crippen LogP contribution in [0.4, 0.5) is 0 Å². The van der Waals surface area contributed by atoms with Gasteiger partial charge in [-0.3, -0.25) is 4.18 Å². The van der Waals surface area contributed by atoms with E-state index in [0.717, 1.165) is 18.2 Å². The van der Waals surface area contributed by atoms with Crippen LogP contribution in [0.15, 0.2) is 10.6 Å². The highest BCUT2D eigenvalue weighted by Gasteiger charge is 2.04. The fraction of sp³-hybridized carbons (Fsp3) is 0.714. The summed E-state index contributed by atoms with van der Waals surface area (Å²) in [5, 5.41) is 0.461. The minimum absolute atomic E-state index is 0.0555. The van der Waals surface area contributed by atoms with Crippen LogP contribution in [0.3, 0.4) is 0 Å². The summed E-state index contributed by atoms with van der Waals surface area (Å²) < 4.78 is 25.6. The second-order valence-corrected chi connectivity index (χ2v) is 4.61. The van der Waals surface area contributed by atoms with Gasteiger partial charge in [-0.25, -0.2) is 0 Å². The molecule has 0 spiro atoms. The quantitative estimate of drug-likeness (QED) is 0.669. The molecule has 5 heteroatoms. The van der Waals surface area contributed by atoms with Gasteiger partial charge in [0, 0.05) is 5.03 Å². The van der Waals surface area contributed by atoms with Gasteiger partial charge in [0.15, 0.2) is 0 Å². The van der Waals surface area contributed by atoms with Gasteiger partial charge in [-0.1, -0.05) is 24.1 Å². The van der Waals surface area contributed by atoms with Crippen molar-refractivity contribution in [2.75, 3.05) is 12.9 Å². The minimum atomic E-state index is -3.38. The molecule has 0 aliphatic heterocycles. The molecule has 0 aromatic carbocycles. The lowest BCUT2D eigenvalue weighted by Crippen LogP contribution is -2.04. The van der Waals surface area contributed by atoms with Crippen molar-refractivity contribution in [3.05, 3.63) is 10.6 Å². The van der Waals surface area contributed by atoms with E-state index in [2.05, 4.69) is 4.18 Å². The van der Waals surface area contributed by atoms with E-state index >= 15 is 0 Å². The van der Waals surface area contributed by atoms with E-state index in [4.69, 9.17) is 11.6 Å². The van der Waals surface area contributed by atoms with Crippen molar-refractivity contribution in [3.63, 3.8) is 0 Å². The van der Waals surface area contributed by atoms with Gasteiger partial charge in [0.2, 0.25) is 0 Å². The topological polar surface area (TPSA) is 43.4 Å². The molecule has 12 heavy (non-hydrogen) atoms. The summed E-state index contributed by atoms with van der Waals surface area (Å²) in [5.41, 5.74) is 0.945. The van der Waals surface area contributed by atoms with Crippen LogP contribution in [0.25, 0.3) is 0 Å². The number of hydrogen-bond acceptors (Lipinski definition) is 3. The molecule has 0 aromatic rings. The Hall–Kier alpha value is -0.0600. The molecule has 0 radical (unpaired) electrons. The third-order valence-corrected chi connectivity index (χ3v) is 2.37. The summed E-state index contributed by atoms with van der Waals surface area (Å²) in [6.45, 7) is 3.73. The van der Waals surface area contributed by atoms with Crippen LogP contribution >= 0.6 is 11.6 Å². The highest BCUT2D eigenvalue weighted by atomic mass is 35.5. The Bertz CT molecular complexity index is 266. The van der Waals surface area contributed by atoms with Crippen LogP contribution in [0.1, 0.15) is 20.3 Å². The van der Waals surface area contributed by atoms with Crippen molar-refractivity contribution in [1.82, 2.24) is 0 Å². The Morgan fingerprint density at radius 1 is 1.50 bits per heavy atom. The molecule has 0 saturated heterocycles. The summed E-state index contributed by atoms with van der Waals surface area (Å²) in [7, 11) is -3.38. The van der Waals surface area contributed by atoms with Crippen LogP contribution in [0.5, 0.6) is 0 Å². The molecule has 0 amide bonds. The molecule has 72 valence electrons. The van der Waals surface area contributed by atoms with Gasteiger partial charge in [-0.15, -0.1) is 0 Å². The lowest BCUT2D eigenvalue weighted by Gasteiger charge is -2.02. The molecule has 0 atom stereocenters. The lowest BCUT2D eigenvalue weighted by atomic mass is 10.2. The molecule has 0 N–H and O–H groups in total. The van der Waals surface area contributed by atoms with Gasteiger partial charge in [0.1, 0.15) is 6.61 Å². The van der Waals surface area contributed by atoms with E-state index in [1.807, 2.05) is 13.8 Å². The van der Waals surface area contributed by atoms with Crippen molar-refractivity contribution >= 4 is 21.7 Å². The maximum absolute atomic E-state index is 10.5. The zero-order valence-electron chi connectivity index (χ0n) is 7.43. The number of rotatable bonds is 4. The molecule has 0 aromatic heterocycles. The standard InChI is InChI=1S/C7H13ClO3S/c1-4-6(2)7(8)5-11-12(3,9)10/h4-5H2,1-3H3. The molecule has 0 fully saturated rings. The maximum Gasteiger partial charge on any atom is 0.264 e. The Kier molecular flexibility index (Phi) is 4.82. The van der Waals surface area contributed by atoms with Crippen molar-refractivity contribution < 1.29 is 12.6 Å². The van der Waals surface area contributed by atoms with Gasteiger partial charge in [0.25, 0.3) is 10.1 Å². The highest BCUT2D eigenvalue weighted by Crippen LogP contribution is 2.12. The maximum atomic E-state index is 10.5. The second-order valence-electron chi connectivity index (χ2n) is 2.51. The van der Waals surface area contributed by atoms with Gasteiger partial charge in [0.05, 0.1) is 6.26 Å². The van der Waals surface area contributed by atoms with Crippen molar-refractivity contribution in [2.24, 2.45) is 0 Å². The van der Waals surface area contributed by atoms with Crippen LogP contribution in [-0.4, -0.2) is 21.3 Å². The summed E-state index contributed by atoms with van der Waals surface area (Å²) in [5.74, 6) is 0. The normalized spacial score (nSPS) is 14.3. The smallest absolute Gasteiger partial charge is 0.264 e. The fourth-order valence-electron chi connectivity index (χ4n) is 0.474. The monoisotopic (exact) mass is 212 g/mol. The molecule has 0 rings (SSSR count). The molecule has 0 heterocycles. The minimum Gasteiger partial charge on any atom is -0.265 e. The third kappa shape index (κ3) is 5.57. The highest BCUT2D eigenvalue weighted by molar-refractivity contribution is 7.86. The number of allylic oxidation sites excluding steroid dienone is 1. The summed E-state index contributed by atoms with van der Waals surface area (Å²) in [4.78, 5) is 0. The van der Waals surface area contributed by atoms with Gasteiger partial charge in [-0.05, 0) is 13.3 Å². The first-order valence-corrected chi connectivity index (χ1v) is 5.74. The van der Waals surface area contributed by atoms with Gasteiger partial charge >= 0.3 is 0 Å². The first-order valence-electron chi connectivity index (χ1n) is 3.55. The SMILES string of the molecule is CCC(C)=C(Cl)COS(C)(=O)=O. The van der Waals surface area contributed by atoms with Crippen molar-refractivity contribution in [3.8, 4) is 0 Å². The molecular formula is C7H13ClO3S. The molecule has 0 saturated carbocycles. The van der Waals surface area contributed by atoms with E-state index in [-0.39, 0.29) is 6.61 Å². The molecule has 0 bridgehead atoms. The Balaban J connectivity index is 4.13. The Labute approximate surface area is 78.5 Å². The van der Waals surface area contributed by atoms with Crippen LogP contribution in [0, 0.1) is 0 Å². The Morgan fingerprint density at radius 2 is 2.00 bits per heavy atom. The summed E-state index contributed by atoms with van der Waals surface area (Å²) in [6.07, 6.45) is 1.80. The Morgan fingerprint density at radius 3 is 2.33 bits per heavy atom. The molecule has 0 aliphatic carbocycles. The van der Waals surface area contributed by atoms with E-state index in [9.17, 15) is 8.42 Å². The van der Waals surface area contributed by atoms with E-state index in [1.165, 1.54) is 0 Å². The fourth-order valence-corrected chi connectivity index (χ4v) is 1.06. The molecule has 0 unspecified atom stereocenters. The van der Waals surface area contributed by atoms with E-state index in [0.29, 0.717) is 5.03 Å². The average Bonchev–Trinajstić information content (AvgIpc) is 1.97. The molecule has 3 nitrogen and oxygen atoms in total. The molecular weight excluding hydrogens is 200 g/mol. The van der Waals surface area contributed by atoms with Gasteiger partial charge in [-0.2, -0.15) is 8.42 Å². The third-order valence-electron chi connectivity index (χ3n) is 1.39. The van der Waals surface area contributed by atoms with Crippen LogP contribution in [0.2, 0.25) is 0 Å². The van der Waals surface area contributed by atoms with Crippen molar-refractivity contribution in [2.45, 2.75) is 20.3 Å². The van der Waals surface area contributed by atoms with Gasteiger partial charge < -0.3 is 0 Å². The largest absolute Gasteiger partial charge is 0.265 e. The second kappa shape index (κ2) is 4.84. The first-order chi connectivity index (χ1) is 5.37.